The minimum absolute atomic E-state index is 0.434. The highest BCUT2D eigenvalue weighted by molar-refractivity contribution is 5.92. The van der Waals surface area contributed by atoms with Gasteiger partial charge in [0.2, 0.25) is 0 Å². The first-order valence-corrected chi connectivity index (χ1v) is 9.24. The van der Waals surface area contributed by atoms with Crippen LogP contribution < -0.4 is 20.5 Å². The van der Waals surface area contributed by atoms with Crippen LogP contribution in [0.15, 0.2) is 23.2 Å². The average Bonchev–Trinajstić information content (AvgIpc) is 2.65. The van der Waals surface area contributed by atoms with Crippen LogP contribution in [0.4, 0.5) is 5.69 Å². The highest BCUT2D eigenvalue weighted by Gasteiger charge is 2.08. The number of aliphatic imine (C=N–C) groups is 1. The van der Waals surface area contributed by atoms with Crippen molar-refractivity contribution in [1.82, 2.24) is 4.90 Å². The van der Waals surface area contributed by atoms with Crippen molar-refractivity contribution < 1.29 is 9.47 Å². The first-order valence-electron chi connectivity index (χ1n) is 9.24. The molecule has 1 fully saturated rings. The summed E-state index contributed by atoms with van der Waals surface area (Å²) in [6, 6.07) is 5.58. The molecule has 0 spiro atoms. The molecular weight excluding hydrogens is 316 g/mol. The van der Waals surface area contributed by atoms with Crippen LogP contribution in [-0.2, 0) is 0 Å². The van der Waals surface area contributed by atoms with Gasteiger partial charge in [0.15, 0.2) is 17.5 Å². The lowest BCUT2D eigenvalue weighted by Gasteiger charge is -2.26. The summed E-state index contributed by atoms with van der Waals surface area (Å²) in [6.07, 6.45) is 7.65. The molecule has 1 aliphatic heterocycles. The van der Waals surface area contributed by atoms with E-state index in [-0.39, 0.29) is 0 Å². The van der Waals surface area contributed by atoms with Crippen LogP contribution in [0.1, 0.15) is 38.5 Å². The molecule has 140 valence electrons. The zero-order chi connectivity index (χ0) is 17.9. The molecule has 2 rings (SSSR count). The normalized spacial score (nSPS) is 15.8. The van der Waals surface area contributed by atoms with E-state index in [1.807, 2.05) is 18.2 Å². The van der Waals surface area contributed by atoms with Gasteiger partial charge in [-0.1, -0.05) is 12.8 Å². The standard InChI is InChI=1S/C19H32N4O2/c1-24-17-10-9-16(15-18(17)25-2)22-19(20)21-11-5-3-6-12-23-13-7-4-8-14-23/h9-10,15H,3-8,11-14H2,1-2H3,(H3,20,21,22). The van der Waals surface area contributed by atoms with Gasteiger partial charge in [-0.2, -0.15) is 0 Å². The molecule has 0 aliphatic carbocycles. The average molecular weight is 348 g/mol. The molecule has 0 unspecified atom stereocenters. The van der Waals surface area contributed by atoms with Crippen molar-refractivity contribution in [3.8, 4) is 11.5 Å². The van der Waals surface area contributed by atoms with Crippen molar-refractivity contribution in [2.45, 2.75) is 38.5 Å². The first kappa shape index (κ1) is 19.4. The summed E-state index contributed by atoms with van der Waals surface area (Å²) in [6.45, 7) is 4.54. The number of hydrogen-bond donors (Lipinski definition) is 2. The predicted octanol–water partition coefficient (Wildman–Crippen LogP) is 3.09. The van der Waals surface area contributed by atoms with E-state index in [0.717, 1.165) is 18.7 Å². The number of piperidine rings is 1. The number of unbranched alkanes of at least 4 members (excludes halogenated alkanes) is 2. The largest absolute Gasteiger partial charge is 0.493 e. The first-order chi connectivity index (χ1) is 12.2. The fourth-order valence-corrected chi connectivity index (χ4v) is 3.11. The van der Waals surface area contributed by atoms with Gasteiger partial charge in [-0.15, -0.1) is 0 Å². The second-order valence-corrected chi connectivity index (χ2v) is 6.42. The zero-order valence-corrected chi connectivity index (χ0v) is 15.6. The molecular formula is C19H32N4O2. The van der Waals surface area contributed by atoms with Crippen molar-refractivity contribution in [2.75, 3.05) is 45.7 Å². The smallest absolute Gasteiger partial charge is 0.193 e. The summed E-state index contributed by atoms with van der Waals surface area (Å²) in [4.78, 5) is 6.98. The Kier molecular flexibility index (Phi) is 8.39. The SMILES string of the molecule is COc1ccc(NC(N)=NCCCCCN2CCCCC2)cc1OC. The number of nitrogens with two attached hydrogens (primary N) is 1. The van der Waals surface area contributed by atoms with Gasteiger partial charge in [-0.25, -0.2) is 0 Å². The minimum Gasteiger partial charge on any atom is -0.493 e. The van der Waals surface area contributed by atoms with E-state index in [4.69, 9.17) is 15.2 Å². The summed E-state index contributed by atoms with van der Waals surface area (Å²) in [5.41, 5.74) is 6.80. The van der Waals surface area contributed by atoms with Crippen molar-refractivity contribution in [3.05, 3.63) is 18.2 Å². The van der Waals surface area contributed by atoms with E-state index in [9.17, 15) is 0 Å². The van der Waals surface area contributed by atoms with Gasteiger partial charge in [0.25, 0.3) is 0 Å². The molecule has 6 nitrogen and oxygen atoms in total. The van der Waals surface area contributed by atoms with Gasteiger partial charge in [0, 0.05) is 18.3 Å². The Hall–Kier alpha value is -1.95. The molecule has 6 heteroatoms. The molecule has 1 aromatic rings. The van der Waals surface area contributed by atoms with Crippen molar-refractivity contribution in [2.24, 2.45) is 10.7 Å². The second kappa shape index (κ2) is 10.8. The van der Waals surface area contributed by atoms with Crippen LogP contribution in [0.3, 0.4) is 0 Å². The molecule has 0 saturated carbocycles. The van der Waals surface area contributed by atoms with Crippen molar-refractivity contribution >= 4 is 11.6 Å². The number of benzene rings is 1. The minimum atomic E-state index is 0.434. The predicted molar refractivity (Wildman–Crippen MR) is 104 cm³/mol. The highest BCUT2D eigenvalue weighted by Crippen LogP contribution is 2.29. The maximum absolute atomic E-state index is 5.96. The molecule has 1 heterocycles. The maximum Gasteiger partial charge on any atom is 0.193 e. The summed E-state index contributed by atoms with van der Waals surface area (Å²) in [7, 11) is 3.23. The van der Waals surface area contributed by atoms with E-state index >= 15 is 0 Å². The Morgan fingerprint density at radius 3 is 2.56 bits per heavy atom. The number of guanidine groups is 1. The molecule has 0 bridgehead atoms. The van der Waals surface area contributed by atoms with Crippen LogP contribution in [0, 0.1) is 0 Å². The fraction of sp³-hybridized carbons (Fsp3) is 0.632. The number of nitrogens with zero attached hydrogens (tertiary/aromatic N) is 2. The van der Waals surface area contributed by atoms with Crippen molar-refractivity contribution in [1.29, 1.82) is 0 Å². The van der Waals surface area contributed by atoms with E-state index in [2.05, 4.69) is 15.2 Å². The third kappa shape index (κ3) is 6.82. The summed E-state index contributed by atoms with van der Waals surface area (Å²) in [5, 5.41) is 3.09. The number of rotatable bonds is 9. The van der Waals surface area contributed by atoms with E-state index in [1.165, 1.54) is 51.7 Å². The molecule has 3 N–H and O–H groups in total. The highest BCUT2D eigenvalue weighted by atomic mass is 16.5. The molecule has 0 aromatic heterocycles. The molecule has 0 radical (unpaired) electrons. The van der Waals surface area contributed by atoms with Crippen LogP contribution in [0.25, 0.3) is 0 Å². The Labute approximate surface area is 151 Å². The lowest BCUT2D eigenvalue weighted by Crippen LogP contribution is -2.30. The van der Waals surface area contributed by atoms with E-state index in [0.29, 0.717) is 17.5 Å². The summed E-state index contributed by atoms with van der Waals surface area (Å²) < 4.78 is 10.5. The molecule has 0 amide bonds. The Bertz CT molecular complexity index is 542. The quantitative estimate of drug-likeness (QED) is 0.408. The topological polar surface area (TPSA) is 72.1 Å². The van der Waals surface area contributed by atoms with Gasteiger partial charge in [-0.05, 0) is 57.5 Å². The lowest BCUT2D eigenvalue weighted by atomic mass is 10.1. The van der Waals surface area contributed by atoms with Crippen LogP contribution in [-0.4, -0.2) is 51.3 Å². The van der Waals surface area contributed by atoms with Crippen LogP contribution in [0.2, 0.25) is 0 Å². The Morgan fingerprint density at radius 1 is 1.08 bits per heavy atom. The lowest BCUT2D eigenvalue weighted by molar-refractivity contribution is 0.224. The van der Waals surface area contributed by atoms with E-state index < -0.39 is 0 Å². The Morgan fingerprint density at radius 2 is 1.84 bits per heavy atom. The molecule has 1 aliphatic rings. The van der Waals surface area contributed by atoms with E-state index in [1.54, 1.807) is 14.2 Å². The van der Waals surface area contributed by atoms with Gasteiger partial charge >= 0.3 is 0 Å². The van der Waals surface area contributed by atoms with Gasteiger partial charge in [-0.3, -0.25) is 4.99 Å². The van der Waals surface area contributed by atoms with Gasteiger partial charge in [0.1, 0.15) is 0 Å². The number of hydrogen-bond acceptors (Lipinski definition) is 4. The molecule has 1 saturated heterocycles. The maximum atomic E-state index is 5.96. The monoisotopic (exact) mass is 348 g/mol. The van der Waals surface area contributed by atoms with Gasteiger partial charge in [0.05, 0.1) is 14.2 Å². The summed E-state index contributed by atoms with van der Waals surface area (Å²) in [5.74, 6) is 1.79. The third-order valence-corrected chi connectivity index (χ3v) is 4.52. The van der Waals surface area contributed by atoms with Crippen LogP contribution >= 0.6 is 0 Å². The summed E-state index contributed by atoms with van der Waals surface area (Å²) >= 11 is 0. The zero-order valence-electron chi connectivity index (χ0n) is 15.6. The molecule has 0 atom stereocenters. The molecule has 25 heavy (non-hydrogen) atoms. The number of anilines is 1. The second-order valence-electron chi connectivity index (χ2n) is 6.42. The van der Waals surface area contributed by atoms with Crippen LogP contribution in [0.5, 0.6) is 11.5 Å². The Balaban J connectivity index is 1.65. The van der Waals surface area contributed by atoms with Crippen molar-refractivity contribution in [3.63, 3.8) is 0 Å². The fourth-order valence-electron chi connectivity index (χ4n) is 3.11. The molecule has 1 aromatic carbocycles. The third-order valence-electron chi connectivity index (χ3n) is 4.52. The number of nitrogens with one attached hydrogen (secondary N) is 1. The van der Waals surface area contributed by atoms with Gasteiger partial charge < -0.3 is 25.4 Å². The number of ether oxygens (including phenoxy) is 2. The number of methoxy groups -OCH3 is 2. The number of likely N-dealkylation sites (tertiary alicyclic amines) is 1.